The standard InChI is InChI=1S/C20H15ClF3N3O3S/c1-27(14-6-3-5-13(21)11-14)31(29,30)15-7-2-4-12(10-15)20(28)26-25-17-9-8-16(22)18(23)19(17)24/h2-11,25H,1H3,(H,26,28). The lowest BCUT2D eigenvalue weighted by atomic mass is 10.2. The van der Waals surface area contributed by atoms with Crippen LogP contribution in [0.15, 0.2) is 65.6 Å². The number of benzene rings is 3. The SMILES string of the molecule is CN(c1cccc(Cl)c1)S(=O)(=O)c1cccc(C(=O)NNc2ccc(F)c(F)c2F)c1. The molecule has 0 radical (unpaired) electrons. The number of rotatable bonds is 6. The molecule has 3 aromatic rings. The highest BCUT2D eigenvalue weighted by Crippen LogP contribution is 2.25. The maximum absolute atomic E-state index is 13.7. The van der Waals surface area contributed by atoms with Gasteiger partial charge in [0.25, 0.3) is 15.9 Å². The molecule has 0 bridgehead atoms. The van der Waals surface area contributed by atoms with Gasteiger partial charge in [-0.2, -0.15) is 0 Å². The van der Waals surface area contributed by atoms with E-state index in [-0.39, 0.29) is 10.5 Å². The second-order valence-corrected chi connectivity index (χ2v) is 8.69. The van der Waals surface area contributed by atoms with Crippen LogP contribution in [0.25, 0.3) is 0 Å². The average Bonchev–Trinajstić information content (AvgIpc) is 2.76. The summed E-state index contributed by atoms with van der Waals surface area (Å²) in [6, 6.07) is 12.9. The summed E-state index contributed by atoms with van der Waals surface area (Å²) in [6.07, 6.45) is 0. The summed E-state index contributed by atoms with van der Waals surface area (Å²) < 4.78 is 66.8. The van der Waals surface area contributed by atoms with Crippen LogP contribution >= 0.6 is 11.6 Å². The fourth-order valence-electron chi connectivity index (χ4n) is 2.59. The topological polar surface area (TPSA) is 78.5 Å². The van der Waals surface area contributed by atoms with Crippen LogP contribution in [0.3, 0.4) is 0 Å². The van der Waals surface area contributed by atoms with E-state index in [9.17, 15) is 26.4 Å². The Kier molecular flexibility index (Phi) is 6.42. The molecule has 162 valence electrons. The molecule has 11 heteroatoms. The zero-order chi connectivity index (χ0) is 22.8. The van der Waals surface area contributed by atoms with Gasteiger partial charge in [0.2, 0.25) is 0 Å². The maximum atomic E-state index is 13.7. The highest BCUT2D eigenvalue weighted by atomic mass is 35.5. The number of sulfonamides is 1. The first-order chi connectivity index (χ1) is 14.6. The molecule has 0 aromatic heterocycles. The molecule has 0 aliphatic rings. The van der Waals surface area contributed by atoms with E-state index in [0.29, 0.717) is 16.8 Å². The lowest BCUT2D eigenvalue weighted by Gasteiger charge is -2.20. The normalized spacial score (nSPS) is 11.1. The van der Waals surface area contributed by atoms with Crippen LogP contribution < -0.4 is 15.2 Å². The zero-order valence-electron chi connectivity index (χ0n) is 15.9. The first-order valence-electron chi connectivity index (χ1n) is 8.65. The van der Waals surface area contributed by atoms with Crippen molar-refractivity contribution >= 4 is 38.9 Å². The predicted octanol–water partition coefficient (Wildman–Crippen LogP) is 4.34. The Labute approximate surface area is 181 Å². The van der Waals surface area contributed by atoms with Crippen LogP contribution in [0.2, 0.25) is 5.02 Å². The van der Waals surface area contributed by atoms with E-state index < -0.39 is 39.1 Å². The number of hydrazine groups is 1. The first kappa shape index (κ1) is 22.4. The van der Waals surface area contributed by atoms with Crippen LogP contribution in [-0.4, -0.2) is 21.4 Å². The first-order valence-corrected chi connectivity index (χ1v) is 10.5. The van der Waals surface area contributed by atoms with Crippen LogP contribution in [-0.2, 0) is 10.0 Å². The maximum Gasteiger partial charge on any atom is 0.269 e. The molecule has 3 rings (SSSR count). The smallest absolute Gasteiger partial charge is 0.269 e. The minimum Gasteiger partial charge on any atom is -0.295 e. The number of carbonyl (C=O) groups excluding carboxylic acids is 1. The van der Waals surface area contributed by atoms with E-state index in [0.717, 1.165) is 16.4 Å². The minimum atomic E-state index is -4.03. The molecule has 1 amide bonds. The summed E-state index contributed by atoms with van der Waals surface area (Å²) in [5, 5.41) is 0.350. The molecule has 6 nitrogen and oxygen atoms in total. The number of hydrogen-bond acceptors (Lipinski definition) is 4. The van der Waals surface area contributed by atoms with Crippen molar-refractivity contribution < 1.29 is 26.4 Å². The van der Waals surface area contributed by atoms with E-state index in [1.165, 1.54) is 31.3 Å². The molecule has 0 spiro atoms. The largest absolute Gasteiger partial charge is 0.295 e. The van der Waals surface area contributed by atoms with Crippen LogP contribution in [0.4, 0.5) is 24.5 Å². The number of anilines is 2. The molecule has 2 N–H and O–H groups in total. The summed E-state index contributed by atoms with van der Waals surface area (Å²) in [6.45, 7) is 0. The Morgan fingerprint density at radius 1 is 0.968 bits per heavy atom. The molecule has 3 aromatic carbocycles. The average molecular weight is 470 g/mol. The van der Waals surface area contributed by atoms with E-state index in [2.05, 4.69) is 10.9 Å². The molecular weight excluding hydrogens is 455 g/mol. The van der Waals surface area contributed by atoms with Crippen molar-refractivity contribution in [2.75, 3.05) is 16.8 Å². The second-order valence-electron chi connectivity index (χ2n) is 6.28. The molecule has 0 saturated heterocycles. The second kappa shape index (κ2) is 8.86. The summed E-state index contributed by atoms with van der Waals surface area (Å²) >= 11 is 5.91. The van der Waals surface area contributed by atoms with Crippen molar-refractivity contribution in [3.63, 3.8) is 0 Å². The molecular formula is C20H15ClF3N3O3S. The highest BCUT2D eigenvalue weighted by molar-refractivity contribution is 7.92. The molecule has 0 unspecified atom stereocenters. The summed E-state index contributed by atoms with van der Waals surface area (Å²) in [4.78, 5) is 12.2. The molecule has 0 atom stereocenters. The van der Waals surface area contributed by atoms with Crippen molar-refractivity contribution in [2.24, 2.45) is 0 Å². The van der Waals surface area contributed by atoms with Crippen molar-refractivity contribution in [3.05, 3.63) is 88.7 Å². The van der Waals surface area contributed by atoms with Gasteiger partial charge in [0.1, 0.15) is 0 Å². The highest BCUT2D eigenvalue weighted by Gasteiger charge is 2.23. The fourth-order valence-corrected chi connectivity index (χ4v) is 4.00. The summed E-state index contributed by atoms with van der Waals surface area (Å²) in [5.41, 5.74) is 3.98. The van der Waals surface area contributed by atoms with Gasteiger partial charge in [0.05, 0.1) is 16.3 Å². The number of nitrogens with zero attached hydrogens (tertiary/aromatic N) is 1. The third-order valence-corrected chi connectivity index (χ3v) is 6.29. The molecule has 0 aliphatic heterocycles. The fraction of sp³-hybridized carbons (Fsp3) is 0.0500. The lowest BCUT2D eigenvalue weighted by Crippen LogP contribution is -2.31. The lowest BCUT2D eigenvalue weighted by molar-refractivity contribution is 0.0962. The van der Waals surface area contributed by atoms with Crippen LogP contribution in [0.1, 0.15) is 10.4 Å². The number of carbonyl (C=O) groups is 1. The Morgan fingerprint density at radius 3 is 2.39 bits per heavy atom. The zero-order valence-corrected chi connectivity index (χ0v) is 17.4. The number of halogens is 4. The van der Waals surface area contributed by atoms with Gasteiger partial charge < -0.3 is 0 Å². The van der Waals surface area contributed by atoms with E-state index in [1.807, 2.05) is 0 Å². The van der Waals surface area contributed by atoms with Gasteiger partial charge in [0.15, 0.2) is 17.5 Å². The van der Waals surface area contributed by atoms with Gasteiger partial charge in [0, 0.05) is 17.6 Å². The van der Waals surface area contributed by atoms with E-state index >= 15 is 0 Å². The monoisotopic (exact) mass is 469 g/mol. The molecule has 31 heavy (non-hydrogen) atoms. The van der Waals surface area contributed by atoms with Gasteiger partial charge in [-0.1, -0.05) is 23.7 Å². The van der Waals surface area contributed by atoms with Crippen molar-refractivity contribution in [1.29, 1.82) is 0 Å². The number of amides is 1. The van der Waals surface area contributed by atoms with E-state index in [4.69, 9.17) is 11.6 Å². The van der Waals surface area contributed by atoms with Crippen molar-refractivity contribution in [1.82, 2.24) is 5.43 Å². The Hall–Kier alpha value is -3.24. The summed E-state index contributed by atoms with van der Waals surface area (Å²) in [5.74, 6) is -5.42. The quantitative estimate of drug-likeness (QED) is 0.416. The molecule has 0 aliphatic carbocycles. The summed E-state index contributed by atoms with van der Waals surface area (Å²) in [7, 11) is -2.69. The van der Waals surface area contributed by atoms with Crippen molar-refractivity contribution in [2.45, 2.75) is 4.90 Å². The third-order valence-electron chi connectivity index (χ3n) is 4.27. The Balaban J connectivity index is 1.81. The van der Waals surface area contributed by atoms with Gasteiger partial charge in [-0.15, -0.1) is 0 Å². The van der Waals surface area contributed by atoms with Gasteiger partial charge >= 0.3 is 0 Å². The Morgan fingerprint density at radius 2 is 1.68 bits per heavy atom. The molecule has 0 saturated carbocycles. The van der Waals surface area contributed by atoms with E-state index in [1.54, 1.807) is 18.2 Å². The number of nitrogens with one attached hydrogen (secondary N) is 2. The van der Waals surface area contributed by atoms with Crippen LogP contribution in [0.5, 0.6) is 0 Å². The van der Waals surface area contributed by atoms with Gasteiger partial charge in [-0.05, 0) is 48.5 Å². The van der Waals surface area contributed by atoms with Crippen molar-refractivity contribution in [3.8, 4) is 0 Å². The van der Waals surface area contributed by atoms with Crippen LogP contribution in [0, 0.1) is 17.5 Å². The molecule has 0 heterocycles. The molecule has 0 fully saturated rings. The third kappa shape index (κ3) is 4.75. The predicted molar refractivity (Wildman–Crippen MR) is 111 cm³/mol. The minimum absolute atomic E-state index is 0.0731. The van der Waals surface area contributed by atoms with Gasteiger partial charge in [-0.25, -0.2) is 21.6 Å². The number of hydrogen-bond donors (Lipinski definition) is 2. The Bertz CT molecular complexity index is 1260. The van der Waals surface area contributed by atoms with Gasteiger partial charge in [-0.3, -0.25) is 20.0 Å².